The second-order valence-corrected chi connectivity index (χ2v) is 5.50. The number of nitrogens with zero attached hydrogens (tertiary/aromatic N) is 1. The lowest BCUT2D eigenvalue weighted by Crippen LogP contribution is -2.27. The van der Waals surface area contributed by atoms with Crippen molar-refractivity contribution in [3.05, 3.63) is 24.0 Å². The van der Waals surface area contributed by atoms with Crippen molar-refractivity contribution in [3.8, 4) is 0 Å². The van der Waals surface area contributed by atoms with Crippen molar-refractivity contribution in [3.63, 3.8) is 0 Å². The van der Waals surface area contributed by atoms with E-state index in [4.69, 9.17) is 0 Å². The van der Waals surface area contributed by atoms with Crippen LogP contribution in [-0.4, -0.2) is 35.0 Å². The third kappa shape index (κ3) is 3.63. The van der Waals surface area contributed by atoms with Crippen molar-refractivity contribution >= 4 is 23.4 Å². The van der Waals surface area contributed by atoms with Crippen molar-refractivity contribution in [1.82, 2.24) is 10.3 Å². The minimum absolute atomic E-state index is 0.112. The van der Waals surface area contributed by atoms with Crippen LogP contribution in [0, 0.1) is 0 Å². The number of amides is 1. The van der Waals surface area contributed by atoms with Crippen LogP contribution in [-0.2, 0) is 0 Å². The molecule has 1 aromatic rings. The molecule has 1 amide bonds. The Morgan fingerprint density at radius 3 is 3.22 bits per heavy atom. The van der Waals surface area contributed by atoms with Crippen molar-refractivity contribution < 1.29 is 4.79 Å². The van der Waals surface area contributed by atoms with Gasteiger partial charge in [-0.3, -0.25) is 9.78 Å². The summed E-state index contributed by atoms with van der Waals surface area (Å²) >= 11 is 1.98. The molecular weight excluding hydrogens is 246 g/mol. The molecule has 0 aliphatic carbocycles. The lowest BCUT2D eigenvalue weighted by Gasteiger charge is -2.23. The van der Waals surface area contributed by atoms with Gasteiger partial charge in [0.15, 0.2) is 0 Å². The molecule has 0 spiro atoms. The fraction of sp³-hybridized carbons (Fsp3) is 0.538. The van der Waals surface area contributed by atoms with E-state index in [1.807, 2.05) is 30.8 Å². The summed E-state index contributed by atoms with van der Waals surface area (Å²) in [4.78, 5) is 15.8. The van der Waals surface area contributed by atoms with Crippen LogP contribution in [0.15, 0.2) is 18.3 Å². The number of carbonyl (C=O) groups excluding carboxylic acids is 1. The Balaban J connectivity index is 2.00. The summed E-state index contributed by atoms with van der Waals surface area (Å²) in [5.74, 6) is 2.29. The molecule has 18 heavy (non-hydrogen) atoms. The highest BCUT2D eigenvalue weighted by Gasteiger charge is 2.14. The molecule has 0 radical (unpaired) electrons. The average molecular weight is 265 g/mol. The van der Waals surface area contributed by atoms with Crippen LogP contribution in [0.5, 0.6) is 0 Å². The van der Waals surface area contributed by atoms with Gasteiger partial charge in [0, 0.05) is 30.2 Å². The number of hydrogen-bond donors (Lipinski definition) is 2. The predicted molar refractivity (Wildman–Crippen MR) is 76.2 cm³/mol. The molecule has 0 aromatic carbocycles. The van der Waals surface area contributed by atoms with Gasteiger partial charge in [0.25, 0.3) is 5.91 Å². The molecule has 2 rings (SSSR count). The average Bonchev–Trinajstić information content (AvgIpc) is 2.40. The highest BCUT2D eigenvalue weighted by atomic mass is 32.2. The van der Waals surface area contributed by atoms with Crippen LogP contribution < -0.4 is 10.6 Å². The van der Waals surface area contributed by atoms with Crippen LogP contribution >= 0.6 is 11.8 Å². The van der Waals surface area contributed by atoms with Gasteiger partial charge in [-0.2, -0.15) is 11.8 Å². The van der Waals surface area contributed by atoms with Gasteiger partial charge in [-0.1, -0.05) is 0 Å². The Labute approximate surface area is 112 Å². The fourth-order valence-electron chi connectivity index (χ4n) is 1.99. The smallest absolute Gasteiger partial charge is 0.269 e. The molecule has 2 N–H and O–H groups in total. The standard InChI is InChI=1S/C13H19N3OS/c1-2-14-13(17)12-8-10(5-6-15-12)16-11-4-3-7-18-9-11/h5-6,8,11H,2-4,7,9H2,1H3,(H,14,17)(H,15,16). The van der Waals surface area contributed by atoms with Gasteiger partial charge in [0.1, 0.15) is 5.69 Å². The van der Waals surface area contributed by atoms with Gasteiger partial charge in [-0.25, -0.2) is 0 Å². The van der Waals surface area contributed by atoms with E-state index < -0.39 is 0 Å². The quantitative estimate of drug-likeness (QED) is 0.876. The molecule has 2 heterocycles. The summed E-state index contributed by atoms with van der Waals surface area (Å²) in [6, 6.07) is 4.25. The number of anilines is 1. The minimum atomic E-state index is -0.112. The molecule has 1 fully saturated rings. The Hall–Kier alpha value is -1.23. The molecule has 1 saturated heterocycles. The summed E-state index contributed by atoms with van der Waals surface area (Å²) in [5.41, 5.74) is 1.46. The number of nitrogens with one attached hydrogen (secondary N) is 2. The van der Waals surface area contributed by atoms with Crippen molar-refractivity contribution in [2.75, 3.05) is 23.4 Å². The Kier molecular flexibility index (Phi) is 4.87. The summed E-state index contributed by atoms with van der Waals surface area (Å²) in [5, 5.41) is 6.24. The molecule has 4 nitrogen and oxygen atoms in total. The number of pyridine rings is 1. The summed E-state index contributed by atoms with van der Waals surface area (Å²) in [6.07, 6.45) is 4.14. The zero-order valence-corrected chi connectivity index (χ0v) is 11.4. The molecule has 5 heteroatoms. The number of carbonyl (C=O) groups is 1. The van der Waals surface area contributed by atoms with Crippen LogP contribution in [0.25, 0.3) is 0 Å². The molecule has 1 aromatic heterocycles. The van der Waals surface area contributed by atoms with E-state index in [1.165, 1.54) is 18.6 Å². The van der Waals surface area contributed by atoms with E-state index in [0.717, 1.165) is 11.4 Å². The molecule has 0 bridgehead atoms. The Bertz CT molecular complexity index is 405. The topological polar surface area (TPSA) is 54.0 Å². The minimum Gasteiger partial charge on any atom is -0.381 e. The summed E-state index contributed by atoms with van der Waals surface area (Å²) in [7, 11) is 0. The number of hydrogen-bond acceptors (Lipinski definition) is 4. The lowest BCUT2D eigenvalue weighted by molar-refractivity contribution is 0.0951. The predicted octanol–water partition coefficient (Wildman–Crippen LogP) is 2.14. The highest BCUT2D eigenvalue weighted by molar-refractivity contribution is 7.99. The van der Waals surface area contributed by atoms with Crippen molar-refractivity contribution in [2.24, 2.45) is 0 Å². The molecule has 1 unspecified atom stereocenters. The Morgan fingerprint density at radius 1 is 1.61 bits per heavy atom. The fourth-order valence-corrected chi connectivity index (χ4v) is 3.06. The van der Waals surface area contributed by atoms with Gasteiger partial charge < -0.3 is 10.6 Å². The maximum Gasteiger partial charge on any atom is 0.269 e. The lowest BCUT2D eigenvalue weighted by atomic mass is 10.1. The first kappa shape index (κ1) is 13.2. The van der Waals surface area contributed by atoms with Gasteiger partial charge >= 0.3 is 0 Å². The molecular formula is C13H19N3OS. The normalized spacial score (nSPS) is 19.3. The number of rotatable bonds is 4. The van der Waals surface area contributed by atoms with Crippen LogP contribution in [0.2, 0.25) is 0 Å². The molecule has 1 aliphatic rings. The van der Waals surface area contributed by atoms with E-state index in [9.17, 15) is 4.79 Å². The van der Waals surface area contributed by atoms with Crippen LogP contribution in [0.4, 0.5) is 5.69 Å². The zero-order valence-electron chi connectivity index (χ0n) is 10.6. The third-order valence-electron chi connectivity index (χ3n) is 2.86. The van der Waals surface area contributed by atoms with E-state index >= 15 is 0 Å². The number of aromatic nitrogens is 1. The second kappa shape index (κ2) is 6.64. The Morgan fingerprint density at radius 2 is 2.50 bits per heavy atom. The zero-order chi connectivity index (χ0) is 12.8. The molecule has 98 valence electrons. The summed E-state index contributed by atoms with van der Waals surface area (Å²) < 4.78 is 0. The molecule has 1 aliphatic heterocycles. The van der Waals surface area contributed by atoms with Gasteiger partial charge in [0.05, 0.1) is 0 Å². The first-order valence-electron chi connectivity index (χ1n) is 6.38. The monoisotopic (exact) mass is 265 g/mol. The molecule has 0 saturated carbocycles. The van der Waals surface area contributed by atoms with Gasteiger partial charge in [-0.05, 0) is 37.7 Å². The van der Waals surface area contributed by atoms with Crippen molar-refractivity contribution in [2.45, 2.75) is 25.8 Å². The molecule has 1 atom stereocenters. The number of thioether (sulfide) groups is 1. The van der Waals surface area contributed by atoms with Gasteiger partial charge in [-0.15, -0.1) is 0 Å². The first-order valence-corrected chi connectivity index (χ1v) is 7.53. The van der Waals surface area contributed by atoms with Crippen molar-refractivity contribution in [1.29, 1.82) is 0 Å². The van der Waals surface area contributed by atoms with Gasteiger partial charge in [0.2, 0.25) is 0 Å². The van der Waals surface area contributed by atoms with E-state index in [0.29, 0.717) is 18.3 Å². The van der Waals surface area contributed by atoms with Crippen LogP contribution in [0.3, 0.4) is 0 Å². The van der Waals surface area contributed by atoms with E-state index in [-0.39, 0.29) is 5.91 Å². The van der Waals surface area contributed by atoms with E-state index in [2.05, 4.69) is 15.6 Å². The SMILES string of the molecule is CCNC(=O)c1cc(NC2CCCSC2)ccn1. The van der Waals surface area contributed by atoms with Crippen LogP contribution in [0.1, 0.15) is 30.3 Å². The maximum atomic E-state index is 11.7. The summed E-state index contributed by atoms with van der Waals surface area (Å²) in [6.45, 7) is 2.52. The third-order valence-corrected chi connectivity index (χ3v) is 4.08. The highest BCUT2D eigenvalue weighted by Crippen LogP contribution is 2.20. The largest absolute Gasteiger partial charge is 0.381 e. The first-order chi connectivity index (χ1) is 8.79. The van der Waals surface area contributed by atoms with E-state index in [1.54, 1.807) is 6.20 Å². The second-order valence-electron chi connectivity index (χ2n) is 4.35. The maximum absolute atomic E-state index is 11.7.